The molecule has 0 bridgehead atoms. The standard InChI is InChI=1S/C15H23N5/c1-3-13-11(2)18-15-16-10-17-20(15)14(13)19-12-8-6-4-5-7-9-12/h10,12,19H,3-9H2,1-2H3. The van der Waals surface area contributed by atoms with Crippen LogP contribution in [0, 0.1) is 6.92 Å². The van der Waals surface area contributed by atoms with Gasteiger partial charge in [-0.05, 0) is 26.2 Å². The molecule has 1 fully saturated rings. The van der Waals surface area contributed by atoms with E-state index in [1.54, 1.807) is 6.33 Å². The Kier molecular flexibility index (Phi) is 3.85. The van der Waals surface area contributed by atoms with Crippen molar-refractivity contribution in [3.8, 4) is 0 Å². The SMILES string of the molecule is CCc1c(C)nc2ncnn2c1NC1CCCCCC1. The first kappa shape index (κ1) is 13.3. The highest BCUT2D eigenvalue weighted by Crippen LogP contribution is 2.25. The van der Waals surface area contributed by atoms with E-state index in [0.29, 0.717) is 11.8 Å². The molecule has 0 radical (unpaired) electrons. The number of aromatic nitrogens is 4. The van der Waals surface area contributed by atoms with Crippen LogP contribution in [0.2, 0.25) is 0 Å². The maximum Gasteiger partial charge on any atom is 0.254 e. The van der Waals surface area contributed by atoms with Crippen LogP contribution in [0.3, 0.4) is 0 Å². The second-order valence-corrected chi connectivity index (χ2v) is 5.68. The summed E-state index contributed by atoms with van der Waals surface area (Å²) in [6.07, 6.45) is 10.4. The van der Waals surface area contributed by atoms with Gasteiger partial charge in [-0.3, -0.25) is 0 Å². The molecule has 1 aliphatic rings. The van der Waals surface area contributed by atoms with Gasteiger partial charge < -0.3 is 5.32 Å². The number of nitrogens with zero attached hydrogens (tertiary/aromatic N) is 4. The molecule has 1 saturated carbocycles. The summed E-state index contributed by atoms with van der Waals surface area (Å²) in [5.74, 6) is 1.79. The fourth-order valence-corrected chi connectivity index (χ4v) is 3.17. The predicted molar refractivity (Wildman–Crippen MR) is 80.0 cm³/mol. The minimum atomic E-state index is 0.553. The van der Waals surface area contributed by atoms with Crippen LogP contribution < -0.4 is 5.32 Å². The summed E-state index contributed by atoms with van der Waals surface area (Å²) in [5, 5.41) is 8.07. The van der Waals surface area contributed by atoms with E-state index in [1.165, 1.54) is 44.1 Å². The van der Waals surface area contributed by atoms with Crippen molar-refractivity contribution in [2.45, 2.75) is 64.8 Å². The molecule has 0 aromatic carbocycles. The van der Waals surface area contributed by atoms with Crippen LogP contribution in [0.25, 0.3) is 5.78 Å². The zero-order valence-electron chi connectivity index (χ0n) is 12.4. The van der Waals surface area contributed by atoms with Crippen molar-refractivity contribution in [3.63, 3.8) is 0 Å². The van der Waals surface area contributed by atoms with Crippen LogP contribution in [0.15, 0.2) is 6.33 Å². The topological polar surface area (TPSA) is 55.1 Å². The summed E-state index contributed by atoms with van der Waals surface area (Å²) in [4.78, 5) is 8.76. The highest BCUT2D eigenvalue weighted by atomic mass is 15.4. The van der Waals surface area contributed by atoms with Gasteiger partial charge in [-0.15, -0.1) is 0 Å². The van der Waals surface area contributed by atoms with Gasteiger partial charge in [-0.25, -0.2) is 4.98 Å². The average molecular weight is 273 g/mol. The Hall–Kier alpha value is -1.65. The van der Waals surface area contributed by atoms with E-state index in [-0.39, 0.29) is 0 Å². The van der Waals surface area contributed by atoms with E-state index >= 15 is 0 Å². The number of hydrogen-bond acceptors (Lipinski definition) is 4. The lowest BCUT2D eigenvalue weighted by Gasteiger charge is -2.21. The summed E-state index contributed by atoms with van der Waals surface area (Å²) < 4.78 is 1.86. The molecule has 0 amide bonds. The first-order valence-electron chi connectivity index (χ1n) is 7.75. The summed E-state index contributed by atoms with van der Waals surface area (Å²) in [6, 6.07) is 0.553. The average Bonchev–Trinajstić information content (AvgIpc) is 2.75. The molecule has 2 heterocycles. The Morgan fingerprint density at radius 2 is 2.00 bits per heavy atom. The summed E-state index contributed by atoms with van der Waals surface area (Å²) >= 11 is 0. The molecule has 2 aromatic rings. The van der Waals surface area contributed by atoms with Crippen LogP contribution in [-0.4, -0.2) is 25.6 Å². The summed E-state index contributed by atoms with van der Waals surface area (Å²) in [6.45, 7) is 4.23. The van der Waals surface area contributed by atoms with Crippen LogP contribution in [0.4, 0.5) is 5.82 Å². The number of aryl methyl sites for hydroxylation is 1. The van der Waals surface area contributed by atoms with Gasteiger partial charge in [0.2, 0.25) is 0 Å². The molecule has 1 N–H and O–H groups in total. The molecule has 108 valence electrons. The van der Waals surface area contributed by atoms with Crippen LogP contribution in [0.5, 0.6) is 0 Å². The van der Waals surface area contributed by atoms with Gasteiger partial charge in [-0.2, -0.15) is 14.6 Å². The van der Waals surface area contributed by atoms with Gasteiger partial charge in [-0.1, -0.05) is 32.6 Å². The molecular weight excluding hydrogens is 250 g/mol. The van der Waals surface area contributed by atoms with Gasteiger partial charge in [0.1, 0.15) is 12.1 Å². The first-order valence-corrected chi connectivity index (χ1v) is 7.75. The van der Waals surface area contributed by atoms with E-state index in [0.717, 1.165) is 17.9 Å². The third kappa shape index (κ3) is 2.49. The molecule has 0 aliphatic heterocycles. The Bertz CT molecular complexity index is 581. The molecule has 0 unspecified atom stereocenters. The van der Waals surface area contributed by atoms with E-state index in [4.69, 9.17) is 0 Å². The molecular formula is C15H23N5. The summed E-state index contributed by atoms with van der Waals surface area (Å²) in [5.41, 5.74) is 2.32. The van der Waals surface area contributed by atoms with Crippen molar-refractivity contribution < 1.29 is 0 Å². The van der Waals surface area contributed by atoms with E-state index < -0.39 is 0 Å². The van der Waals surface area contributed by atoms with Gasteiger partial charge in [0.15, 0.2) is 0 Å². The lowest BCUT2D eigenvalue weighted by Crippen LogP contribution is -2.22. The van der Waals surface area contributed by atoms with Crippen LogP contribution >= 0.6 is 0 Å². The van der Waals surface area contributed by atoms with Gasteiger partial charge >= 0.3 is 0 Å². The third-order valence-corrected chi connectivity index (χ3v) is 4.28. The predicted octanol–water partition coefficient (Wildman–Crippen LogP) is 3.13. The molecule has 1 aliphatic carbocycles. The second kappa shape index (κ2) is 5.77. The van der Waals surface area contributed by atoms with E-state index in [9.17, 15) is 0 Å². The Morgan fingerprint density at radius 1 is 1.25 bits per heavy atom. The van der Waals surface area contributed by atoms with Crippen molar-refractivity contribution in [3.05, 3.63) is 17.6 Å². The number of nitrogens with one attached hydrogen (secondary N) is 1. The number of anilines is 1. The molecule has 3 rings (SSSR count). The van der Waals surface area contributed by atoms with Crippen LogP contribution in [-0.2, 0) is 6.42 Å². The molecule has 20 heavy (non-hydrogen) atoms. The van der Waals surface area contributed by atoms with Gasteiger partial charge in [0.05, 0.1) is 0 Å². The van der Waals surface area contributed by atoms with Crippen molar-refractivity contribution >= 4 is 11.6 Å². The second-order valence-electron chi connectivity index (χ2n) is 5.68. The number of fused-ring (bicyclic) bond motifs is 1. The lowest BCUT2D eigenvalue weighted by molar-refractivity contribution is 0.613. The fraction of sp³-hybridized carbons (Fsp3) is 0.667. The van der Waals surface area contributed by atoms with Crippen LogP contribution in [0.1, 0.15) is 56.7 Å². The summed E-state index contributed by atoms with van der Waals surface area (Å²) in [7, 11) is 0. The quantitative estimate of drug-likeness (QED) is 0.873. The zero-order valence-corrected chi connectivity index (χ0v) is 12.4. The normalized spacial score (nSPS) is 17.3. The maximum absolute atomic E-state index is 4.53. The van der Waals surface area contributed by atoms with Crippen molar-refractivity contribution in [2.75, 3.05) is 5.32 Å². The molecule has 2 aromatic heterocycles. The maximum atomic E-state index is 4.53. The van der Waals surface area contributed by atoms with Crippen molar-refractivity contribution in [1.29, 1.82) is 0 Å². The smallest absolute Gasteiger partial charge is 0.254 e. The number of rotatable bonds is 3. The first-order chi connectivity index (χ1) is 9.79. The molecule has 0 spiro atoms. The molecule has 5 nitrogen and oxygen atoms in total. The highest BCUT2D eigenvalue weighted by molar-refractivity contribution is 5.53. The lowest BCUT2D eigenvalue weighted by atomic mass is 10.1. The van der Waals surface area contributed by atoms with E-state index in [1.807, 2.05) is 4.52 Å². The number of hydrogen-bond donors (Lipinski definition) is 1. The van der Waals surface area contributed by atoms with Gasteiger partial charge in [0.25, 0.3) is 5.78 Å². The van der Waals surface area contributed by atoms with Gasteiger partial charge in [0, 0.05) is 17.3 Å². The highest BCUT2D eigenvalue weighted by Gasteiger charge is 2.18. The monoisotopic (exact) mass is 273 g/mol. The molecule has 5 heteroatoms. The Balaban J connectivity index is 1.97. The van der Waals surface area contributed by atoms with E-state index in [2.05, 4.69) is 34.2 Å². The van der Waals surface area contributed by atoms with Crippen molar-refractivity contribution in [1.82, 2.24) is 19.6 Å². The Labute approximate surface area is 119 Å². The van der Waals surface area contributed by atoms with Crippen molar-refractivity contribution in [2.24, 2.45) is 0 Å². The third-order valence-electron chi connectivity index (χ3n) is 4.28. The largest absolute Gasteiger partial charge is 0.367 e. The zero-order chi connectivity index (χ0) is 13.9. The minimum Gasteiger partial charge on any atom is -0.367 e. The minimum absolute atomic E-state index is 0.553. The molecule has 0 atom stereocenters. The Morgan fingerprint density at radius 3 is 2.70 bits per heavy atom. The molecule has 0 saturated heterocycles. The fourth-order valence-electron chi connectivity index (χ4n) is 3.17.